The van der Waals surface area contributed by atoms with Crippen LogP contribution in [0.1, 0.15) is 34.6 Å². The summed E-state index contributed by atoms with van der Waals surface area (Å²) in [7, 11) is 0. The Morgan fingerprint density at radius 1 is 1.50 bits per heavy atom. The zero-order valence-corrected chi connectivity index (χ0v) is 5.19. The first kappa shape index (κ1) is 10.6. The van der Waals surface area contributed by atoms with Crippen LogP contribution in [0, 0.1) is 5.92 Å². The van der Waals surface area contributed by atoms with Crippen molar-refractivity contribution in [2.45, 2.75) is 34.6 Å². The van der Waals surface area contributed by atoms with E-state index in [-0.39, 0.29) is 13.3 Å². The molecule has 0 aromatic heterocycles. The lowest BCUT2D eigenvalue weighted by molar-refractivity contribution is -0.121. The standard InChI is InChI=1S/C6H12O.CH4/c1-4-6(7)5(2)3;/h5H,4H2,1-3H3;1H4. The Hall–Kier alpha value is -0.330. The average Bonchev–Trinajstić information content (AvgIpc) is 1.65. The maximum absolute atomic E-state index is 10.5. The van der Waals surface area contributed by atoms with Crippen LogP contribution in [0.25, 0.3) is 0 Å². The molecular weight excluding hydrogens is 100 g/mol. The molecule has 0 bridgehead atoms. The Bertz CT molecular complexity index is 64.8. The highest BCUT2D eigenvalue weighted by Gasteiger charge is 2.00. The molecule has 0 saturated carbocycles. The smallest absolute Gasteiger partial charge is 0.135 e. The van der Waals surface area contributed by atoms with Crippen molar-refractivity contribution in [1.29, 1.82) is 0 Å². The molecule has 0 aromatic rings. The molecule has 0 aliphatic heterocycles. The van der Waals surface area contributed by atoms with Gasteiger partial charge in [-0.05, 0) is 0 Å². The summed E-state index contributed by atoms with van der Waals surface area (Å²) in [6.45, 7) is 5.74. The number of carbonyl (C=O) groups excluding carboxylic acids is 1. The summed E-state index contributed by atoms with van der Waals surface area (Å²) in [6, 6.07) is 0. The molecule has 0 unspecified atom stereocenters. The third-order valence-electron chi connectivity index (χ3n) is 0.992. The molecule has 0 aliphatic rings. The molecule has 0 rings (SSSR count). The lowest BCUT2D eigenvalue weighted by Gasteiger charge is -1.96. The van der Waals surface area contributed by atoms with Crippen LogP contribution >= 0.6 is 0 Å². The average molecular weight is 116 g/mol. The third kappa shape index (κ3) is 3.85. The first-order valence-electron chi connectivity index (χ1n) is 2.71. The summed E-state index contributed by atoms with van der Waals surface area (Å²) in [5.74, 6) is 0.574. The summed E-state index contributed by atoms with van der Waals surface area (Å²) in [4.78, 5) is 10.5. The predicted octanol–water partition coefficient (Wildman–Crippen LogP) is 2.26. The second-order valence-corrected chi connectivity index (χ2v) is 1.97. The van der Waals surface area contributed by atoms with Crippen molar-refractivity contribution in [3.8, 4) is 0 Å². The lowest BCUT2D eigenvalue weighted by Crippen LogP contribution is -2.03. The number of carbonyl (C=O) groups is 1. The molecule has 0 amide bonds. The zero-order chi connectivity index (χ0) is 5.86. The highest BCUT2D eigenvalue weighted by Crippen LogP contribution is 1.95. The van der Waals surface area contributed by atoms with Gasteiger partial charge in [-0.2, -0.15) is 0 Å². The lowest BCUT2D eigenvalue weighted by atomic mass is 10.1. The number of ketones is 1. The Morgan fingerprint density at radius 2 is 1.88 bits per heavy atom. The van der Waals surface area contributed by atoms with Crippen molar-refractivity contribution >= 4 is 5.78 Å². The Balaban J connectivity index is 0. The summed E-state index contributed by atoms with van der Waals surface area (Å²) in [5, 5.41) is 0. The van der Waals surface area contributed by atoms with Gasteiger partial charge in [0.25, 0.3) is 0 Å². The van der Waals surface area contributed by atoms with Crippen LogP contribution in [0.5, 0.6) is 0 Å². The maximum Gasteiger partial charge on any atom is 0.135 e. The van der Waals surface area contributed by atoms with E-state index in [0.717, 1.165) is 0 Å². The molecule has 0 atom stereocenters. The molecule has 1 nitrogen and oxygen atoms in total. The molecule has 1 heteroatoms. The Labute approximate surface area is 52.1 Å². The minimum atomic E-state index is 0. The van der Waals surface area contributed by atoms with E-state index < -0.39 is 0 Å². The van der Waals surface area contributed by atoms with E-state index in [0.29, 0.717) is 12.2 Å². The van der Waals surface area contributed by atoms with Gasteiger partial charge in [-0.15, -0.1) is 0 Å². The minimum Gasteiger partial charge on any atom is -0.299 e. The van der Waals surface area contributed by atoms with Crippen LogP contribution in [-0.2, 0) is 4.79 Å². The molecule has 0 aromatic carbocycles. The Morgan fingerprint density at radius 3 is 1.88 bits per heavy atom. The van der Waals surface area contributed by atoms with Crippen molar-refractivity contribution in [2.75, 3.05) is 0 Å². The summed E-state index contributed by atoms with van der Waals surface area (Å²) >= 11 is 0. The fourth-order valence-electron chi connectivity index (χ4n) is 0.408. The predicted molar refractivity (Wildman–Crippen MR) is 36.9 cm³/mol. The number of hydrogen-bond donors (Lipinski definition) is 0. The van der Waals surface area contributed by atoms with Crippen LogP contribution < -0.4 is 0 Å². The van der Waals surface area contributed by atoms with Crippen LogP contribution in [0.4, 0.5) is 0 Å². The quantitative estimate of drug-likeness (QED) is 0.541. The van der Waals surface area contributed by atoms with Gasteiger partial charge in [-0.1, -0.05) is 28.2 Å². The molecule has 0 aliphatic carbocycles. The zero-order valence-electron chi connectivity index (χ0n) is 5.19. The van der Waals surface area contributed by atoms with Gasteiger partial charge in [0.2, 0.25) is 0 Å². The fraction of sp³-hybridized carbons (Fsp3) is 0.857. The molecule has 8 heavy (non-hydrogen) atoms. The van der Waals surface area contributed by atoms with Crippen molar-refractivity contribution in [2.24, 2.45) is 5.92 Å². The van der Waals surface area contributed by atoms with Crippen LogP contribution in [-0.4, -0.2) is 5.78 Å². The summed E-state index contributed by atoms with van der Waals surface area (Å²) < 4.78 is 0. The molecule has 0 N–H and O–H groups in total. The normalized spacial score (nSPS) is 8.50. The Kier molecular flexibility index (Phi) is 6.39. The van der Waals surface area contributed by atoms with E-state index in [2.05, 4.69) is 0 Å². The topological polar surface area (TPSA) is 17.1 Å². The van der Waals surface area contributed by atoms with Gasteiger partial charge in [-0.25, -0.2) is 0 Å². The summed E-state index contributed by atoms with van der Waals surface area (Å²) in [5.41, 5.74) is 0. The van der Waals surface area contributed by atoms with Crippen molar-refractivity contribution < 1.29 is 4.79 Å². The first-order chi connectivity index (χ1) is 3.18. The van der Waals surface area contributed by atoms with E-state index in [4.69, 9.17) is 0 Å². The largest absolute Gasteiger partial charge is 0.299 e. The van der Waals surface area contributed by atoms with Crippen molar-refractivity contribution in [3.05, 3.63) is 0 Å². The second-order valence-electron chi connectivity index (χ2n) is 1.97. The maximum atomic E-state index is 10.5. The molecule has 0 heterocycles. The monoisotopic (exact) mass is 116 g/mol. The van der Waals surface area contributed by atoms with Gasteiger partial charge in [0, 0.05) is 12.3 Å². The fourth-order valence-corrected chi connectivity index (χ4v) is 0.408. The molecule has 50 valence electrons. The SMILES string of the molecule is C.CCC(=O)C(C)C. The van der Waals surface area contributed by atoms with E-state index >= 15 is 0 Å². The van der Waals surface area contributed by atoms with E-state index in [1.165, 1.54) is 0 Å². The van der Waals surface area contributed by atoms with E-state index in [1.54, 1.807) is 0 Å². The number of hydrogen-bond acceptors (Lipinski definition) is 1. The van der Waals surface area contributed by atoms with Crippen LogP contribution in [0.15, 0.2) is 0 Å². The molecule has 0 spiro atoms. The molecule has 0 saturated heterocycles. The minimum absolute atomic E-state index is 0. The van der Waals surface area contributed by atoms with Gasteiger partial charge >= 0.3 is 0 Å². The van der Waals surface area contributed by atoms with Crippen molar-refractivity contribution in [3.63, 3.8) is 0 Å². The van der Waals surface area contributed by atoms with Crippen LogP contribution in [0.3, 0.4) is 0 Å². The first-order valence-corrected chi connectivity index (χ1v) is 2.71. The molecular formula is C7H16O. The number of Topliss-reactive ketones (excluding diaryl/α,β-unsaturated/α-hetero) is 1. The van der Waals surface area contributed by atoms with E-state index in [1.807, 2.05) is 20.8 Å². The van der Waals surface area contributed by atoms with Gasteiger partial charge in [0.05, 0.1) is 0 Å². The highest BCUT2D eigenvalue weighted by atomic mass is 16.1. The third-order valence-corrected chi connectivity index (χ3v) is 0.992. The van der Waals surface area contributed by atoms with Crippen LogP contribution in [0.2, 0.25) is 0 Å². The molecule has 0 fully saturated rings. The summed E-state index contributed by atoms with van der Waals surface area (Å²) in [6.07, 6.45) is 0.678. The second kappa shape index (κ2) is 4.82. The van der Waals surface area contributed by atoms with Gasteiger partial charge in [-0.3, -0.25) is 4.79 Å². The van der Waals surface area contributed by atoms with Gasteiger partial charge in [0.1, 0.15) is 5.78 Å². The van der Waals surface area contributed by atoms with Gasteiger partial charge < -0.3 is 0 Å². The molecule has 0 radical (unpaired) electrons. The van der Waals surface area contributed by atoms with Crippen molar-refractivity contribution in [1.82, 2.24) is 0 Å². The number of rotatable bonds is 2. The van der Waals surface area contributed by atoms with Gasteiger partial charge in [0.15, 0.2) is 0 Å². The highest BCUT2D eigenvalue weighted by molar-refractivity contribution is 5.79. The van der Waals surface area contributed by atoms with E-state index in [9.17, 15) is 4.79 Å².